The molecule has 0 aromatic rings. The Morgan fingerprint density at radius 3 is 2.78 bits per heavy atom. The lowest BCUT2D eigenvalue weighted by Crippen LogP contribution is -2.31. The molecule has 2 nitrogen and oxygen atoms in total. The molecule has 0 radical (unpaired) electrons. The number of aliphatic carboxylic acids is 1. The van der Waals surface area contributed by atoms with E-state index in [9.17, 15) is 9.90 Å². The molecule has 0 saturated carbocycles. The Balaban J connectivity index is 3.50. The molecule has 0 saturated heterocycles. The summed E-state index contributed by atoms with van der Waals surface area (Å²) in [7, 11) is 0. The van der Waals surface area contributed by atoms with Gasteiger partial charge in [0.15, 0.2) is 0 Å². The number of rotatable bonds is 3. The van der Waals surface area contributed by atoms with Crippen LogP contribution in [-0.4, -0.2) is 11.2 Å². The molecule has 1 atom stereocenters. The van der Waals surface area contributed by atoms with E-state index in [1.807, 2.05) is 6.92 Å². The lowest BCUT2D eigenvalue weighted by Gasteiger charge is -2.06. The molecule has 0 amide bonds. The van der Waals surface area contributed by atoms with E-state index in [2.05, 4.69) is 12.6 Å². The average molecular weight is 145 g/mol. The topological polar surface area (TPSA) is 40.1 Å². The third kappa shape index (κ3) is 4.09. The minimum absolute atomic E-state index is 0.432. The van der Waals surface area contributed by atoms with E-state index < -0.39 is 11.2 Å². The van der Waals surface area contributed by atoms with E-state index in [4.69, 9.17) is 0 Å². The normalized spacial score (nSPS) is 14.0. The van der Waals surface area contributed by atoms with Gasteiger partial charge >= 0.3 is 0 Å². The predicted molar refractivity (Wildman–Crippen MR) is 37.2 cm³/mol. The second-order valence-electron chi connectivity index (χ2n) is 1.64. The molecule has 0 rings (SSSR count). The van der Waals surface area contributed by atoms with Crippen LogP contribution in [0.4, 0.5) is 0 Å². The lowest BCUT2D eigenvalue weighted by atomic mass is 10.3. The van der Waals surface area contributed by atoms with Crippen LogP contribution in [0, 0.1) is 0 Å². The molecular formula is C6H9O2S-. The van der Waals surface area contributed by atoms with Gasteiger partial charge in [-0.25, -0.2) is 0 Å². The predicted octanol–water partition coefficient (Wildman–Crippen LogP) is 0.000900. The minimum Gasteiger partial charge on any atom is -0.549 e. The first-order valence-electron chi connectivity index (χ1n) is 2.68. The number of thiol groups is 1. The van der Waals surface area contributed by atoms with E-state index in [0.717, 1.165) is 0 Å². The van der Waals surface area contributed by atoms with Crippen molar-refractivity contribution in [3.05, 3.63) is 12.2 Å². The zero-order chi connectivity index (χ0) is 7.28. The molecule has 3 heteroatoms. The average Bonchev–Trinajstić information content (AvgIpc) is 1.82. The summed E-state index contributed by atoms with van der Waals surface area (Å²) < 4.78 is 0. The van der Waals surface area contributed by atoms with Gasteiger partial charge in [-0.3, -0.25) is 0 Å². The Kier molecular flexibility index (Phi) is 4.22. The van der Waals surface area contributed by atoms with Crippen LogP contribution in [0.3, 0.4) is 0 Å². The van der Waals surface area contributed by atoms with Crippen molar-refractivity contribution >= 4 is 18.6 Å². The maximum atomic E-state index is 9.98. The zero-order valence-corrected chi connectivity index (χ0v) is 6.10. The SMILES string of the molecule is C/C=C/CC(S)C(=O)[O-]. The van der Waals surface area contributed by atoms with E-state index in [-0.39, 0.29) is 0 Å². The molecule has 0 bridgehead atoms. The van der Waals surface area contributed by atoms with Crippen LogP contribution in [0.1, 0.15) is 13.3 Å². The van der Waals surface area contributed by atoms with E-state index >= 15 is 0 Å². The quantitative estimate of drug-likeness (QED) is 0.448. The highest BCUT2D eigenvalue weighted by molar-refractivity contribution is 7.81. The molecule has 0 aliphatic carbocycles. The summed E-state index contributed by atoms with van der Waals surface area (Å²) in [5.74, 6) is -1.11. The van der Waals surface area contributed by atoms with Crippen molar-refractivity contribution in [3.8, 4) is 0 Å². The number of hydrogen-bond donors (Lipinski definition) is 1. The van der Waals surface area contributed by atoms with Crippen LogP contribution in [0.15, 0.2) is 12.2 Å². The number of carboxylic acid groups (broad SMARTS) is 1. The van der Waals surface area contributed by atoms with Crippen molar-refractivity contribution in [1.82, 2.24) is 0 Å². The molecular weight excluding hydrogens is 136 g/mol. The smallest absolute Gasteiger partial charge is 0.0545 e. The fourth-order valence-electron chi connectivity index (χ4n) is 0.361. The Labute approximate surface area is 60.0 Å². The van der Waals surface area contributed by atoms with Gasteiger partial charge in [0.1, 0.15) is 0 Å². The van der Waals surface area contributed by atoms with Crippen LogP contribution in [0.2, 0.25) is 0 Å². The highest BCUT2D eigenvalue weighted by Crippen LogP contribution is 1.99. The van der Waals surface area contributed by atoms with Crippen LogP contribution in [0.25, 0.3) is 0 Å². The van der Waals surface area contributed by atoms with Crippen molar-refractivity contribution in [2.45, 2.75) is 18.6 Å². The van der Waals surface area contributed by atoms with Gasteiger partial charge in [-0.2, -0.15) is 12.6 Å². The minimum atomic E-state index is -1.11. The summed E-state index contributed by atoms with van der Waals surface area (Å²) in [5, 5.41) is 9.32. The second-order valence-corrected chi connectivity index (χ2v) is 2.26. The Bertz CT molecular complexity index is 120. The van der Waals surface area contributed by atoms with Crippen molar-refractivity contribution in [3.63, 3.8) is 0 Å². The molecule has 0 N–H and O–H groups in total. The summed E-state index contributed by atoms with van der Waals surface area (Å²) >= 11 is 3.75. The maximum absolute atomic E-state index is 9.98. The molecule has 0 aromatic carbocycles. The fourth-order valence-corrected chi connectivity index (χ4v) is 0.483. The Morgan fingerprint density at radius 1 is 1.89 bits per heavy atom. The molecule has 0 aliphatic rings. The van der Waals surface area contributed by atoms with Gasteiger partial charge in [0, 0.05) is 5.25 Å². The molecule has 0 aliphatic heterocycles. The van der Waals surface area contributed by atoms with Gasteiger partial charge in [0.25, 0.3) is 0 Å². The summed E-state index contributed by atoms with van der Waals surface area (Å²) in [6.07, 6.45) is 3.96. The Hall–Kier alpha value is -0.440. The number of allylic oxidation sites excluding steroid dienone is 2. The first kappa shape index (κ1) is 8.56. The van der Waals surface area contributed by atoms with Crippen molar-refractivity contribution < 1.29 is 9.90 Å². The van der Waals surface area contributed by atoms with Gasteiger partial charge < -0.3 is 9.90 Å². The largest absolute Gasteiger partial charge is 0.549 e. The molecule has 0 aromatic heterocycles. The lowest BCUT2D eigenvalue weighted by molar-refractivity contribution is -0.304. The zero-order valence-electron chi connectivity index (χ0n) is 5.20. The summed E-state index contributed by atoms with van der Waals surface area (Å²) in [4.78, 5) is 9.98. The highest BCUT2D eigenvalue weighted by Gasteiger charge is 1.98. The van der Waals surface area contributed by atoms with Crippen molar-refractivity contribution in [2.24, 2.45) is 0 Å². The summed E-state index contributed by atoms with van der Waals surface area (Å²) in [5.41, 5.74) is 0. The van der Waals surface area contributed by atoms with Crippen LogP contribution < -0.4 is 5.11 Å². The van der Waals surface area contributed by atoms with Crippen molar-refractivity contribution in [2.75, 3.05) is 0 Å². The number of hydrogen-bond acceptors (Lipinski definition) is 3. The first-order valence-corrected chi connectivity index (χ1v) is 3.20. The highest BCUT2D eigenvalue weighted by atomic mass is 32.1. The van der Waals surface area contributed by atoms with E-state index in [1.165, 1.54) is 0 Å². The van der Waals surface area contributed by atoms with Crippen LogP contribution in [0.5, 0.6) is 0 Å². The van der Waals surface area contributed by atoms with Crippen LogP contribution in [-0.2, 0) is 4.79 Å². The summed E-state index contributed by atoms with van der Waals surface area (Å²) in [6.45, 7) is 1.83. The fraction of sp³-hybridized carbons (Fsp3) is 0.500. The van der Waals surface area contributed by atoms with Crippen molar-refractivity contribution in [1.29, 1.82) is 0 Å². The Morgan fingerprint density at radius 2 is 2.44 bits per heavy atom. The molecule has 1 unspecified atom stereocenters. The van der Waals surface area contributed by atoms with Crippen LogP contribution >= 0.6 is 12.6 Å². The third-order valence-corrected chi connectivity index (χ3v) is 1.29. The second kappa shape index (κ2) is 4.44. The maximum Gasteiger partial charge on any atom is 0.0545 e. The first-order chi connectivity index (χ1) is 4.18. The summed E-state index contributed by atoms with van der Waals surface area (Å²) in [6, 6.07) is 0. The molecule has 0 spiro atoms. The molecule has 0 heterocycles. The number of carboxylic acids is 1. The monoisotopic (exact) mass is 145 g/mol. The van der Waals surface area contributed by atoms with E-state index in [0.29, 0.717) is 6.42 Å². The molecule has 52 valence electrons. The number of carbonyl (C=O) groups is 1. The molecule has 0 fully saturated rings. The number of carbonyl (C=O) groups excluding carboxylic acids is 1. The van der Waals surface area contributed by atoms with Gasteiger partial charge in [-0.1, -0.05) is 12.2 Å². The molecule has 9 heavy (non-hydrogen) atoms. The van der Waals surface area contributed by atoms with Gasteiger partial charge in [0.2, 0.25) is 0 Å². The standard InChI is InChI=1S/C6H10O2S/c1-2-3-4-5(9)6(7)8/h2-3,5,9H,4H2,1H3,(H,7,8)/p-1/b3-2+. The van der Waals surface area contributed by atoms with Gasteiger partial charge in [0.05, 0.1) is 5.97 Å². The third-order valence-electron chi connectivity index (χ3n) is 0.867. The van der Waals surface area contributed by atoms with Gasteiger partial charge in [-0.15, -0.1) is 0 Å². The van der Waals surface area contributed by atoms with E-state index in [1.54, 1.807) is 12.2 Å². The van der Waals surface area contributed by atoms with Gasteiger partial charge in [-0.05, 0) is 13.3 Å².